The molecule has 2 N–H and O–H groups in total. The van der Waals surface area contributed by atoms with Gasteiger partial charge in [-0.3, -0.25) is 4.98 Å². The summed E-state index contributed by atoms with van der Waals surface area (Å²) in [5, 5.41) is 12.5. The van der Waals surface area contributed by atoms with Gasteiger partial charge in [-0.05, 0) is 18.6 Å². The Morgan fingerprint density at radius 3 is 3.00 bits per heavy atom. The average Bonchev–Trinajstić information content (AvgIpc) is 2.25. The molecule has 1 aromatic heterocycles. The van der Waals surface area contributed by atoms with Crippen LogP contribution in [-0.4, -0.2) is 29.3 Å². The Morgan fingerprint density at radius 1 is 1.50 bits per heavy atom. The summed E-state index contributed by atoms with van der Waals surface area (Å²) < 4.78 is 0. The largest absolute Gasteiger partial charge is 0.392 e. The van der Waals surface area contributed by atoms with E-state index in [1.165, 1.54) is 0 Å². The van der Waals surface area contributed by atoms with Crippen LogP contribution in [0.2, 0.25) is 0 Å². The molecular formula is C11H18N2O. The van der Waals surface area contributed by atoms with Gasteiger partial charge in [-0.1, -0.05) is 13.0 Å². The molecule has 0 bridgehead atoms. The molecule has 0 saturated heterocycles. The van der Waals surface area contributed by atoms with E-state index in [-0.39, 0.29) is 6.10 Å². The standard InChI is InChI=1S/C11H18N2O/c1-2-11(14)9-12-8-6-10-5-3-4-7-13-10/h3-5,7,11-12,14H,2,6,8-9H2,1H3. The highest BCUT2D eigenvalue weighted by atomic mass is 16.3. The number of hydrogen-bond donors (Lipinski definition) is 2. The first-order valence-electron chi connectivity index (χ1n) is 5.11. The SMILES string of the molecule is CCC(O)CNCCc1ccccn1. The van der Waals surface area contributed by atoms with Crippen LogP contribution >= 0.6 is 0 Å². The predicted molar refractivity (Wildman–Crippen MR) is 57.1 cm³/mol. The van der Waals surface area contributed by atoms with Crippen LogP contribution in [0.15, 0.2) is 24.4 Å². The highest BCUT2D eigenvalue weighted by Gasteiger charge is 1.98. The summed E-state index contributed by atoms with van der Waals surface area (Å²) >= 11 is 0. The molecule has 78 valence electrons. The van der Waals surface area contributed by atoms with Gasteiger partial charge < -0.3 is 10.4 Å². The summed E-state index contributed by atoms with van der Waals surface area (Å²) in [6, 6.07) is 5.92. The molecule has 1 aromatic rings. The highest BCUT2D eigenvalue weighted by molar-refractivity contribution is 5.03. The first kappa shape index (κ1) is 11.1. The van der Waals surface area contributed by atoms with Crippen LogP contribution in [0, 0.1) is 0 Å². The fourth-order valence-electron chi connectivity index (χ4n) is 1.18. The Labute approximate surface area is 85.2 Å². The smallest absolute Gasteiger partial charge is 0.0662 e. The molecule has 0 radical (unpaired) electrons. The maximum Gasteiger partial charge on any atom is 0.0662 e. The number of aromatic nitrogens is 1. The molecule has 14 heavy (non-hydrogen) atoms. The monoisotopic (exact) mass is 194 g/mol. The number of pyridine rings is 1. The second-order valence-electron chi connectivity index (χ2n) is 3.34. The number of aliphatic hydroxyl groups is 1. The van der Waals surface area contributed by atoms with Gasteiger partial charge in [0.05, 0.1) is 6.10 Å². The van der Waals surface area contributed by atoms with Crippen LogP contribution in [-0.2, 0) is 6.42 Å². The van der Waals surface area contributed by atoms with Gasteiger partial charge in [-0.25, -0.2) is 0 Å². The van der Waals surface area contributed by atoms with Crippen molar-refractivity contribution in [2.24, 2.45) is 0 Å². The summed E-state index contributed by atoms with van der Waals surface area (Å²) in [5.74, 6) is 0. The Kier molecular flexibility index (Phi) is 5.19. The summed E-state index contributed by atoms with van der Waals surface area (Å²) in [5.41, 5.74) is 1.09. The van der Waals surface area contributed by atoms with Crippen molar-refractivity contribution in [3.63, 3.8) is 0 Å². The zero-order valence-electron chi connectivity index (χ0n) is 8.61. The molecule has 1 rings (SSSR count). The van der Waals surface area contributed by atoms with Crippen molar-refractivity contribution < 1.29 is 5.11 Å². The van der Waals surface area contributed by atoms with Crippen LogP contribution in [0.1, 0.15) is 19.0 Å². The van der Waals surface area contributed by atoms with Crippen molar-refractivity contribution in [3.8, 4) is 0 Å². The van der Waals surface area contributed by atoms with Crippen LogP contribution < -0.4 is 5.32 Å². The van der Waals surface area contributed by atoms with Gasteiger partial charge in [-0.2, -0.15) is 0 Å². The van der Waals surface area contributed by atoms with Crippen molar-refractivity contribution in [1.82, 2.24) is 10.3 Å². The third kappa shape index (κ3) is 4.35. The van der Waals surface area contributed by atoms with Gasteiger partial charge in [0.15, 0.2) is 0 Å². The van der Waals surface area contributed by atoms with E-state index in [9.17, 15) is 5.11 Å². The van der Waals surface area contributed by atoms with Crippen molar-refractivity contribution >= 4 is 0 Å². The normalized spacial score (nSPS) is 12.7. The summed E-state index contributed by atoms with van der Waals surface area (Å²) in [6.07, 6.45) is 3.29. The van der Waals surface area contributed by atoms with E-state index in [0.29, 0.717) is 6.54 Å². The molecule has 1 unspecified atom stereocenters. The van der Waals surface area contributed by atoms with Crippen LogP contribution in [0.4, 0.5) is 0 Å². The van der Waals surface area contributed by atoms with E-state index >= 15 is 0 Å². The zero-order chi connectivity index (χ0) is 10.2. The summed E-state index contributed by atoms with van der Waals surface area (Å²) in [7, 11) is 0. The minimum absolute atomic E-state index is 0.223. The second kappa shape index (κ2) is 6.51. The van der Waals surface area contributed by atoms with Crippen molar-refractivity contribution in [1.29, 1.82) is 0 Å². The van der Waals surface area contributed by atoms with E-state index in [0.717, 1.165) is 25.1 Å². The van der Waals surface area contributed by atoms with Gasteiger partial charge in [0, 0.05) is 31.4 Å². The molecule has 0 aromatic carbocycles. The molecule has 0 aliphatic rings. The van der Waals surface area contributed by atoms with E-state index in [2.05, 4.69) is 10.3 Å². The lowest BCUT2D eigenvalue weighted by molar-refractivity contribution is 0.168. The van der Waals surface area contributed by atoms with Gasteiger partial charge in [0.25, 0.3) is 0 Å². The van der Waals surface area contributed by atoms with Crippen molar-refractivity contribution in [2.75, 3.05) is 13.1 Å². The molecule has 0 aliphatic heterocycles. The Bertz CT molecular complexity index is 238. The highest BCUT2D eigenvalue weighted by Crippen LogP contribution is 1.93. The Hall–Kier alpha value is -0.930. The minimum atomic E-state index is -0.223. The molecule has 1 atom stereocenters. The van der Waals surface area contributed by atoms with E-state index in [4.69, 9.17) is 0 Å². The molecule has 0 fully saturated rings. The number of aliphatic hydroxyl groups excluding tert-OH is 1. The van der Waals surface area contributed by atoms with E-state index in [1.807, 2.05) is 25.1 Å². The van der Waals surface area contributed by atoms with Crippen LogP contribution in [0.5, 0.6) is 0 Å². The average molecular weight is 194 g/mol. The lowest BCUT2D eigenvalue weighted by atomic mass is 10.2. The fourth-order valence-corrected chi connectivity index (χ4v) is 1.18. The number of nitrogens with one attached hydrogen (secondary N) is 1. The second-order valence-corrected chi connectivity index (χ2v) is 3.34. The lowest BCUT2D eigenvalue weighted by Gasteiger charge is -2.08. The third-order valence-corrected chi connectivity index (χ3v) is 2.14. The molecule has 0 saturated carbocycles. The van der Waals surface area contributed by atoms with Gasteiger partial charge in [0.1, 0.15) is 0 Å². The lowest BCUT2D eigenvalue weighted by Crippen LogP contribution is -2.27. The molecular weight excluding hydrogens is 176 g/mol. The van der Waals surface area contributed by atoms with Gasteiger partial charge in [0.2, 0.25) is 0 Å². The number of rotatable bonds is 6. The molecule has 3 heteroatoms. The minimum Gasteiger partial charge on any atom is -0.392 e. The molecule has 0 spiro atoms. The van der Waals surface area contributed by atoms with E-state index in [1.54, 1.807) is 6.20 Å². The van der Waals surface area contributed by atoms with E-state index < -0.39 is 0 Å². The predicted octanol–water partition coefficient (Wildman–Crippen LogP) is 0.985. The summed E-state index contributed by atoms with van der Waals surface area (Å²) in [4.78, 5) is 4.21. The molecule has 3 nitrogen and oxygen atoms in total. The van der Waals surface area contributed by atoms with Gasteiger partial charge in [-0.15, -0.1) is 0 Å². The fraction of sp³-hybridized carbons (Fsp3) is 0.545. The molecule has 0 amide bonds. The molecule has 1 heterocycles. The molecule has 0 aliphatic carbocycles. The quantitative estimate of drug-likeness (QED) is 0.664. The number of hydrogen-bond acceptors (Lipinski definition) is 3. The topological polar surface area (TPSA) is 45.1 Å². The Balaban J connectivity index is 2.10. The third-order valence-electron chi connectivity index (χ3n) is 2.14. The van der Waals surface area contributed by atoms with Crippen LogP contribution in [0.25, 0.3) is 0 Å². The zero-order valence-corrected chi connectivity index (χ0v) is 8.61. The van der Waals surface area contributed by atoms with Crippen molar-refractivity contribution in [3.05, 3.63) is 30.1 Å². The number of nitrogens with zero attached hydrogens (tertiary/aromatic N) is 1. The van der Waals surface area contributed by atoms with Crippen LogP contribution in [0.3, 0.4) is 0 Å². The maximum absolute atomic E-state index is 9.28. The Morgan fingerprint density at radius 2 is 2.36 bits per heavy atom. The van der Waals surface area contributed by atoms with Crippen molar-refractivity contribution in [2.45, 2.75) is 25.9 Å². The first-order chi connectivity index (χ1) is 6.83. The summed E-state index contributed by atoms with van der Waals surface area (Å²) in [6.45, 7) is 3.52. The maximum atomic E-state index is 9.28. The van der Waals surface area contributed by atoms with Gasteiger partial charge >= 0.3 is 0 Å². The first-order valence-corrected chi connectivity index (χ1v) is 5.11.